The number of hydrogen-bond acceptors (Lipinski definition) is 2. The predicted octanol–water partition coefficient (Wildman–Crippen LogP) is 4.50. The Hall–Kier alpha value is -0.283. The van der Waals surface area contributed by atoms with Crippen LogP contribution in [0.25, 0.3) is 0 Å². The summed E-state index contributed by atoms with van der Waals surface area (Å²) in [5.74, 6) is -0.294. The first-order valence-electron chi connectivity index (χ1n) is 6.46. The standard InChI is InChI=1S/C13H25ClO2Si/c1-5-9-17(14,10-6-2)11-7-8-16-13(15)12(3)4/h3,5-11H2,1-2,4H3. The van der Waals surface area contributed by atoms with E-state index in [9.17, 15) is 4.79 Å². The first kappa shape index (κ1) is 16.7. The van der Waals surface area contributed by atoms with E-state index in [1.807, 2.05) is 0 Å². The van der Waals surface area contributed by atoms with Crippen molar-refractivity contribution < 1.29 is 9.53 Å². The molecule has 100 valence electrons. The molecule has 4 heteroatoms. The molecule has 0 aromatic heterocycles. The molecule has 0 spiro atoms. The highest BCUT2D eigenvalue weighted by atomic mass is 35.6. The van der Waals surface area contributed by atoms with E-state index in [1.54, 1.807) is 6.92 Å². The van der Waals surface area contributed by atoms with E-state index < -0.39 is 7.38 Å². The fraction of sp³-hybridized carbons (Fsp3) is 0.769. The summed E-state index contributed by atoms with van der Waals surface area (Å²) in [4.78, 5) is 11.2. The Morgan fingerprint density at radius 2 is 1.76 bits per heavy atom. The van der Waals surface area contributed by atoms with Gasteiger partial charge in [-0.1, -0.05) is 33.3 Å². The Labute approximate surface area is 111 Å². The summed E-state index contributed by atoms with van der Waals surface area (Å²) in [6, 6.07) is 3.37. The maximum atomic E-state index is 11.2. The van der Waals surface area contributed by atoms with Gasteiger partial charge in [-0.25, -0.2) is 4.79 Å². The molecule has 0 amide bonds. The van der Waals surface area contributed by atoms with Crippen LogP contribution in [-0.2, 0) is 9.53 Å². The third kappa shape index (κ3) is 7.61. The predicted molar refractivity (Wildman–Crippen MR) is 77.0 cm³/mol. The van der Waals surface area contributed by atoms with Gasteiger partial charge in [0.1, 0.15) is 0 Å². The molecule has 0 saturated carbocycles. The Bertz CT molecular complexity index is 248. The number of carbonyl (C=O) groups excluding carboxylic acids is 1. The third-order valence-corrected chi connectivity index (χ3v) is 8.49. The second-order valence-corrected chi connectivity index (χ2v) is 10.9. The van der Waals surface area contributed by atoms with E-state index in [4.69, 9.17) is 15.8 Å². The Morgan fingerprint density at radius 3 is 2.18 bits per heavy atom. The Kier molecular flexibility index (Phi) is 8.61. The third-order valence-electron chi connectivity index (χ3n) is 2.75. The van der Waals surface area contributed by atoms with Gasteiger partial charge in [-0.15, -0.1) is 0 Å². The topological polar surface area (TPSA) is 26.3 Å². The molecule has 0 aromatic carbocycles. The number of ether oxygens (including phenoxy) is 1. The molecule has 0 saturated heterocycles. The zero-order valence-electron chi connectivity index (χ0n) is 11.4. The second kappa shape index (κ2) is 8.76. The van der Waals surface area contributed by atoms with Crippen molar-refractivity contribution in [2.75, 3.05) is 6.61 Å². The van der Waals surface area contributed by atoms with Crippen molar-refractivity contribution in [2.24, 2.45) is 0 Å². The van der Waals surface area contributed by atoms with E-state index in [-0.39, 0.29) is 5.97 Å². The van der Waals surface area contributed by atoms with Crippen molar-refractivity contribution in [2.45, 2.75) is 58.2 Å². The lowest BCUT2D eigenvalue weighted by Crippen LogP contribution is -2.26. The monoisotopic (exact) mass is 276 g/mol. The van der Waals surface area contributed by atoms with Crippen molar-refractivity contribution in [3.05, 3.63) is 12.2 Å². The number of esters is 1. The summed E-state index contributed by atoms with van der Waals surface area (Å²) in [5, 5.41) is 0. The first-order chi connectivity index (χ1) is 7.95. The van der Waals surface area contributed by atoms with Crippen LogP contribution in [-0.4, -0.2) is 20.0 Å². The van der Waals surface area contributed by atoms with Gasteiger partial charge < -0.3 is 4.74 Å². The van der Waals surface area contributed by atoms with Crippen LogP contribution in [0.1, 0.15) is 40.0 Å². The van der Waals surface area contributed by atoms with Crippen LogP contribution in [0.4, 0.5) is 0 Å². The van der Waals surface area contributed by atoms with Gasteiger partial charge in [0.25, 0.3) is 0 Å². The molecule has 0 N–H and O–H groups in total. The van der Waals surface area contributed by atoms with Gasteiger partial charge in [0.15, 0.2) is 7.38 Å². The fourth-order valence-corrected chi connectivity index (χ4v) is 6.80. The van der Waals surface area contributed by atoms with Crippen molar-refractivity contribution in [3.63, 3.8) is 0 Å². The number of carbonyl (C=O) groups is 1. The average molecular weight is 277 g/mol. The van der Waals surface area contributed by atoms with Gasteiger partial charge in [0.05, 0.1) is 6.61 Å². The van der Waals surface area contributed by atoms with Gasteiger partial charge in [-0.05, 0) is 31.5 Å². The summed E-state index contributed by atoms with van der Waals surface area (Å²) >= 11 is 6.70. The van der Waals surface area contributed by atoms with Gasteiger partial charge in [0, 0.05) is 5.57 Å². The summed E-state index contributed by atoms with van der Waals surface area (Å²) in [6.07, 6.45) is 3.19. The smallest absolute Gasteiger partial charge is 0.333 e. The van der Waals surface area contributed by atoms with Gasteiger partial charge in [-0.3, -0.25) is 0 Å². The Balaban J connectivity index is 3.90. The second-order valence-electron chi connectivity index (χ2n) is 4.67. The van der Waals surface area contributed by atoms with Crippen LogP contribution in [0.2, 0.25) is 18.1 Å². The van der Waals surface area contributed by atoms with E-state index in [0.29, 0.717) is 12.2 Å². The zero-order valence-corrected chi connectivity index (χ0v) is 13.1. The van der Waals surface area contributed by atoms with Crippen LogP contribution >= 0.6 is 11.1 Å². The highest BCUT2D eigenvalue weighted by Gasteiger charge is 2.28. The first-order valence-corrected chi connectivity index (χ1v) is 10.1. The minimum atomic E-state index is -1.59. The normalized spacial score (nSPS) is 11.3. The van der Waals surface area contributed by atoms with E-state index in [2.05, 4.69) is 20.4 Å². The lowest BCUT2D eigenvalue weighted by molar-refractivity contribution is -0.138. The zero-order chi connectivity index (χ0) is 13.3. The molecule has 2 nitrogen and oxygen atoms in total. The molecular weight excluding hydrogens is 252 g/mol. The SMILES string of the molecule is C=C(C)C(=O)OCCC[Si](Cl)(CCC)CCC. The van der Waals surface area contributed by atoms with E-state index >= 15 is 0 Å². The number of halogens is 1. The van der Waals surface area contributed by atoms with Crippen LogP contribution < -0.4 is 0 Å². The van der Waals surface area contributed by atoms with Crippen LogP contribution in [0, 0.1) is 0 Å². The van der Waals surface area contributed by atoms with Gasteiger partial charge >= 0.3 is 5.97 Å². The highest BCUT2D eigenvalue weighted by Crippen LogP contribution is 2.29. The lowest BCUT2D eigenvalue weighted by atomic mass is 10.4. The number of rotatable bonds is 9. The summed E-state index contributed by atoms with van der Waals surface area (Å²) in [5.41, 5.74) is 0.460. The minimum Gasteiger partial charge on any atom is -0.462 e. The van der Waals surface area contributed by atoms with E-state index in [1.165, 1.54) is 0 Å². The van der Waals surface area contributed by atoms with E-state index in [0.717, 1.165) is 37.4 Å². The quantitative estimate of drug-likeness (QED) is 0.204. The molecule has 0 unspecified atom stereocenters. The lowest BCUT2D eigenvalue weighted by Gasteiger charge is -2.23. The maximum absolute atomic E-state index is 11.2. The minimum absolute atomic E-state index is 0.294. The van der Waals surface area contributed by atoms with Crippen molar-refractivity contribution >= 4 is 24.4 Å². The largest absolute Gasteiger partial charge is 0.462 e. The average Bonchev–Trinajstić information content (AvgIpc) is 2.24. The molecule has 0 atom stereocenters. The van der Waals surface area contributed by atoms with Crippen molar-refractivity contribution in [1.82, 2.24) is 0 Å². The highest BCUT2D eigenvalue weighted by molar-refractivity contribution is 7.20. The van der Waals surface area contributed by atoms with Crippen LogP contribution in [0.15, 0.2) is 12.2 Å². The molecule has 0 aliphatic carbocycles. The molecule has 0 radical (unpaired) electrons. The summed E-state index contributed by atoms with van der Waals surface area (Å²) in [7, 11) is -1.59. The maximum Gasteiger partial charge on any atom is 0.333 e. The van der Waals surface area contributed by atoms with Crippen LogP contribution in [0.3, 0.4) is 0 Å². The molecule has 0 aliphatic heterocycles. The van der Waals surface area contributed by atoms with Gasteiger partial charge in [0.2, 0.25) is 0 Å². The van der Waals surface area contributed by atoms with Crippen molar-refractivity contribution in [1.29, 1.82) is 0 Å². The number of hydrogen-bond donors (Lipinski definition) is 0. The van der Waals surface area contributed by atoms with Crippen molar-refractivity contribution in [3.8, 4) is 0 Å². The molecule has 0 bridgehead atoms. The molecule has 0 aliphatic rings. The molecule has 0 fully saturated rings. The van der Waals surface area contributed by atoms with Crippen LogP contribution in [0.5, 0.6) is 0 Å². The fourth-order valence-electron chi connectivity index (χ4n) is 1.95. The molecular formula is C13H25ClO2Si. The summed E-state index contributed by atoms with van der Waals surface area (Å²) < 4.78 is 5.08. The summed E-state index contributed by atoms with van der Waals surface area (Å²) in [6.45, 7) is 10.0. The molecule has 0 rings (SSSR count). The van der Waals surface area contributed by atoms with Gasteiger partial charge in [-0.2, -0.15) is 11.1 Å². The molecule has 0 aromatic rings. The molecule has 0 heterocycles. The Morgan fingerprint density at radius 1 is 1.24 bits per heavy atom. The molecule has 17 heavy (non-hydrogen) atoms.